The molecule has 2 saturated heterocycles. The summed E-state index contributed by atoms with van der Waals surface area (Å²) in [5, 5.41) is 0. The molecule has 0 aromatic carbocycles. The third kappa shape index (κ3) is 4.35. The first kappa shape index (κ1) is 21.9. The van der Waals surface area contributed by atoms with E-state index in [4.69, 9.17) is 18.9 Å². The molecule has 2 aromatic heterocycles. The number of aromatic nitrogens is 4. The molecule has 0 amide bonds. The Bertz CT molecular complexity index is 1020. The first-order valence-corrected chi connectivity index (χ1v) is 10.4. The zero-order valence-electron chi connectivity index (χ0n) is 18.1. The Labute approximate surface area is 183 Å². The van der Waals surface area contributed by atoms with E-state index in [1.165, 1.54) is 33.4 Å². The Kier molecular flexibility index (Phi) is 6.21. The first-order chi connectivity index (χ1) is 15.3. The number of ether oxygens (including phenoxy) is 4. The predicted molar refractivity (Wildman–Crippen MR) is 108 cm³/mol. The highest BCUT2D eigenvalue weighted by atomic mass is 16.7. The van der Waals surface area contributed by atoms with Gasteiger partial charge in [0.25, 0.3) is 0 Å². The van der Waals surface area contributed by atoms with E-state index < -0.39 is 42.4 Å². The topological polar surface area (TPSA) is 135 Å². The van der Waals surface area contributed by atoms with Crippen molar-refractivity contribution in [3.05, 3.63) is 12.7 Å². The van der Waals surface area contributed by atoms with Crippen LogP contribution >= 0.6 is 0 Å². The quantitative estimate of drug-likeness (QED) is 0.458. The lowest BCUT2D eigenvalue weighted by Gasteiger charge is -2.23. The highest BCUT2D eigenvalue weighted by Crippen LogP contribution is 2.37. The van der Waals surface area contributed by atoms with Crippen LogP contribution in [0.25, 0.3) is 11.2 Å². The highest BCUT2D eigenvalue weighted by Gasteiger charge is 2.51. The maximum Gasteiger partial charge on any atom is 0.303 e. The highest BCUT2D eigenvalue weighted by molar-refractivity contribution is 5.83. The van der Waals surface area contributed by atoms with Gasteiger partial charge in [0.1, 0.15) is 19.0 Å². The fourth-order valence-electron chi connectivity index (χ4n) is 4.10. The number of carbonyl (C=O) groups is 3. The Morgan fingerprint density at radius 3 is 2.34 bits per heavy atom. The molecule has 0 spiro atoms. The van der Waals surface area contributed by atoms with Gasteiger partial charge in [-0.1, -0.05) is 0 Å². The fraction of sp³-hybridized carbons (Fsp3) is 0.600. The largest absolute Gasteiger partial charge is 0.463 e. The molecule has 2 aromatic rings. The summed E-state index contributed by atoms with van der Waals surface area (Å²) in [4.78, 5) is 50.3. The van der Waals surface area contributed by atoms with Crippen LogP contribution in [0.5, 0.6) is 0 Å². The van der Waals surface area contributed by atoms with Gasteiger partial charge in [-0.15, -0.1) is 0 Å². The van der Waals surface area contributed by atoms with Crippen molar-refractivity contribution in [1.82, 2.24) is 19.5 Å². The van der Waals surface area contributed by atoms with Crippen LogP contribution in [0.15, 0.2) is 12.7 Å². The second-order valence-corrected chi connectivity index (χ2v) is 7.73. The molecule has 2 aliphatic rings. The Morgan fingerprint density at radius 2 is 1.69 bits per heavy atom. The molecule has 4 rings (SSSR count). The van der Waals surface area contributed by atoms with Crippen LogP contribution < -0.4 is 4.90 Å². The van der Waals surface area contributed by atoms with Crippen molar-refractivity contribution < 1.29 is 33.3 Å². The molecule has 0 unspecified atom stereocenters. The molecule has 12 heteroatoms. The van der Waals surface area contributed by atoms with Crippen molar-refractivity contribution in [2.45, 2.75) is 58.2 Å². The summed E-state index contributed by atoms with van der Waals surface area (Å²) in [6.45, 7) is 5.34. The number of anilines is 1. The third-order valence-corrected chi connectivity index (χ3v) is 5.36. The van der Waals surface area contributed by atoms with Gasteiger partial charge >= 0.3 is 17.9 Å². The summed E-state index contributed by atoms with van der Waals surface area (Å²) in [6.07, 6.45) is 1.38. The second-order valence-electron chi connectivity index (χ2n) is 7.73. The molecule has 12 nitrogen and oxygen atoms in total. The van der Waals surface area contributed by atoms with E-state index in [0.29, 0.717) is 11.2 Å². The van der Waals surface area contributed by atoms with Gasteiger partial charge in [0.2, 0.25) is 0 Å². The summed E-state index contributed by atoms with van der Waals surface area (Å²) in [7, 11) is 0. The standard InChI is InChI=1S/C20H25N5O7/c1-11(26)29-8-14-16(30-12(2)27)17(31-13(3)28)20(32-14)25-10-23-15-18(21-9-22-19(15)25)24-6-4-5-7-24/h9-10,14,16-17,20H,4-8H2,1-3H3/t14-,16-,17-,20-/m1/s1. The monoisotopic (exact) mass is 447 g/mol. The number of hydrogen-bond acceptors (Lipinski definition) is 11. The smallest absolute Gasteiger partial charge is 0.303 e. The van der Waals surface area contributed by atoms with Gasteiger partial charge in [0.05, 0.1) is 6.33 Å². The summed E-state index contributed by atoms with van der Waals surface area (Å²) < 4.78 is 23.7. The predicted octanol–water partition coefficient (Wildman–Crippen LogP) is 0.750. The van der Waals surface area contributed by atoms with Gasteiger partial charge < -0.3 is 23.8 Å². The number of nitrogens with zero attached hydrogens (tertiary/aromatic N) is 5. The molecule has 2 fully saturated rings. The maximum atomic E-state index is 11.8. The zero-order chi connectivity index (χ0) is 22.8. The zero-order valence-corrected chi connectivity index (χ0v) is 18.1. The van der Waals surface area contributed by atoms with Crippen LogP contribution in [0.1, 0.15) is 39.8 Å². The van der Waals surface area contributed by atoms with E-state index in [-0.39, 0.29) is 6.61 Å². The minimum atomic E-state index is -1.00. The van der Waals surface area contributed by atoms with E-state index in [1.807, 2.05) is 0 Å². The molecular formula is C20H25N5O7. The van der Waals surface area contributed by atoms with Gasteiger partial charge in [-0.25, -0.2) is 15.0 Å². The molecule has 172 valence electrons. The van der Waals surface area contributed by atoms with Crippen molar-refractivity contribution in [2.75, 3.05) is 24.6 Å². The number of esters is 3. The van der Waals surface area contributed by atoms with Gasteiger partial charge in [-0.05, 0) is 12.8 Å². The van der Waals surface area contributed by atoms with Crippen LogP contribution in [0.2, 0.25) is 0 Å². The summed E-state index contributed by atoms with van der Waals surface area (Å²) in [5.74, 6) is -0.955. The lowest BCUT2D eigenvalue weighted by Crippen LogP contribution is -2.40. The molecule has 4 heterocycles. The number of hydrogen-bond donors (Lipinski definition) is 0. The van der Waals surface area contributed by atoms with Crippen molar-refractivity contribution in [3.8, 4) is 0 Å². The van der Waals surface area contributed by atoms with Crippen molar-refractivity contribution in [2.24, 2.45) is 0 Å². The van der Waals surface area contributed by atoms with Crippen LogP contribution in [0, 0.1) is 0 Å². The molecule has 0 aliphatic carbocycles. The molecule has 0 bridgehead atoms. The van der Waals surface area contributed by atoms with Gasteiger partial charge in [-0.3, -0.25) is 19.0 Å². The minimum absolute atomic E-state index is 0.178. The van der Waals surface area contributed by atoms with E-state index in [1.54, 1.807) is 4.57 Å². The Morgan fingerprint density at radius 1 is 1.00 bits per heavy atom. The number of rotatable bonds is 6. The second kappa shape index (κ2) is 9.07. The molecule has 4 atom stereocenters. The molecule has 0 radical (unpaired) electrons. The molecule has 0 saturated carbocycles. The van der Waals surface area contributed by atoms with Gasteiger partial charge in [0, 0.05) is 33.9 Å². The van der Waals surface area contributed by atoms with E-state index >= 15 is 0 Å². The van der Waals surface area contributed by atoms with E-state index in [9.17, 15) is 14.4 Å². The molecule has 2 aliphatic heterocycles. The summed E-state index contributed by atoms with van der Waals surface area (Å²) >= 11 is 0. The lowest BCUT2D eigenvalue weighted by molar-refractivity contribution is -0.166. The number of imidazole rings is 1. The first-order valence-electron chi connectivity index (χ1n) is 10.4. The van der Waals surface area contributed by atoms with Crippen molar-refractivity contribution in [3.63, 3.8) is 0 Å². The maximum absolute atomic E-state index is 11.8. The van der Waals surface area contributed by atoms with Crippen LogP contribution in [-0.4, -0.2) is 75.4 Å². The van der Waals surface area contributed by atoms with Crippen LogP contribution in [0.3, 0.4) is 0 Å². The average molecular weight is 447 g/mol. The molecule has 0 N–H and O–H groups in total. The fourth-order valence-corrected chi connectivity index (χ4v) is 4.10. The van der Waals surface area contributed by atoms with Crippen molar-refractivity contribution in [1.29, 1.82) is 0 Å². The summed E-state index contributed by atoms with van der Waals surface area (Å²) in [5.41, 5.74) is 1.07. The number of fused-ring (bicyclic) bond motifs is 1. The lowest BCUT2D eigenvalue weighted by atomic mass is 10.1. The normalized spacial score (nSPS) is 25.2. The molecule has 32 heavy (non-hydrogen) atoms. The van der Waals surface area contributed by atoms with E-state index in [2.05, 4.69) is 19.9 Å². The minimum Gasteiger partial charge on any atom is -0.463 e. The van der Waals surface area contributed by atoms with Crippen LogP contribution in [-0.2, 0) is 33.3 Å². The van der Waals surface area contributed by atoms with Crippen LogP contribution in [0.4, 0.5) is 5.82 Å². The summed E-state index contributed by atoms with van der Waals surface area (Å²) in [6, 6.07) is 0. The molecular weight excluding hydrogens is 422 g/mol. The third-order valence-electron chi connectivity index (χ3n) is 5.36. The van der Waals surface area contributed by atoms with Crippen molar-refractivity contribution >= 4 is 34.9 Å². The Hall–Kier alpha value is -3.28. The average Bonchev–Trinajstić information content (AvgIpc) is 3.46. The van der Waals surface area contributed by atoms with Gasteiger partial charge in [0.15, 0.2) is 35.4 Å². The van der Waals surface area contributed by atoms with Gasteiger partial charge in [-0.2, -0.15) is 0 Å². The number of carbonyl (C=O) groups excluding carboxylic acids is 3. The van der Waals surface area contributed by atoms with E-state index in [0.717, 1.165) is 31.7 Å². The Balaban J connectivity index is 1.72. The SMILES string of the molecule is CC(=O)OC[C@H]1O[C@@H](n2cnc3c(N4CCCC4)ncnc32)[C@H](OC(C)=O)[C@@H]1OC(C)=O.